The molecule has 4 nitrogen and oxygen atoms in total. The minimum atomic E-state index is -0.350. The van der Waals surface area contributed by atoms with Crippen LogP contribution in [0.3, 0.4) is 0 Å². The molecule has 0 saturated carbocycles. The summed E-state index contributed by atoms with van der Waals surface area (Å²) in [4.78, 5) is 11.9. The molecule has 19 heavy (non-hydrogen) atoms. The van der Waals surface area contributed by atoms with Gasteiger partial charge in [-0.1, -0.05) is 22.0 Å². The molecule has 0 radical (unpaired) electrons. The van der Waals surface area contributed by atoms with Gasteiger partial charge in [-0.3, -0.25) is 10.1 Å². The normalized spacial score (nSPS) is 12.3. The lowest BCUT2D eigenvalue weighted by Gasteiger charge is -2.12. The molecule has 1 aromatic heterocycles. The van der Waals surface area contributed by atoms with E-state index in [4.69, 9.17) is 0 Å². The molecule has 0 spiro atoms. The summed E-state index contributed by atoms with van der Waals surface area (Å²) in [6, 6.07) is 9.37. The van der Waals surface area contributed by atoms with Crippen molar-refractivity contribution in [1.82, 2.24) is 5.32 Å². The molecule has 0 fully saturated rings. The summed E-state index contributed by atoms with van der Waals surface area (Å²) < 4.78 is 0.717. The van der Waals surface area contributed by atoms with E-state index in [1.165, 1.54) is 10.9 Å². The van der Waals surface area contributed by atoms with E-state index in [1.807, 2.05) is 17.5 Å². The number of hydrogen-bond acceptors (Lipinski definition) is 4. The topological polar surface area (TPSA) is 55.2 Å². The first kappa shape index (κ1) is 14.2. The highest BCUT2D eigenvalue weighted by Crippen LogP contribution is 2.25. The van der Waals surface area contributed by atoms with Crippen molar-refractivity contribution in [2.45, 2.75) is 19.5 Å². The largest absolute Gasteiger partial charge is 0.305 e. The van der Waals surface area contributed by atoms with E-state index in [2.05, 4.69) is 34.2 Å². The average molecular weight is 341 g/mol. The van der Waals surface area contributed by atoms with Gasteiger partial charge in [0.2, 0.25) is 0 Å². The van der Waals surface area contributed by atoms with Crippen LogP contribution in [-0.4, -0.2) is 4.92 Å². The molecular formula is C13H13BrN2O2S. The zero-order valence-corrected chi connectivity index (χ0v) is 12.7. The molecule has 0 aliphatic carbocycles. The minimum Gasteiger partial charge on any atom is -0.305 e. The third-order valence-corrected chi connectivity index (χ3v) is 4.36. The molecule has 0 aliphatic heterocycles. The summed E-state index contributed by atoms with van der Waals surface area (Å²) >= 11 is 4.93. The smallest absolute Gasteiger partial charge is 0.275 e. The third kappa shape index (κ3) is 3.62. The SMILES string of the molecule is CC(NCc1ccc(Br)cc1[N+](=O)[O-])c1cccs1. The van der Waals surface area contributed by atoms with Crippen molar-refractivity contribution in [3.8, 4) is 0 Å². The molecule has 0 aliphatic rings. The van der Waals surface area contributed by atoms with Crippen molar-refractivity contribution in [3.05, 3.63) is 60.7 Å². The lowest BCUT2D eigenvalue weighted by atomic mass is 10.1. The van der Waals surface area contributed by atoms with Crippen LogP contribution in [0.15, 0.2) is 40.2 Å². The predicted molar refractivity (Wildman–Crippen MR) is 80.4 cm³/mol. The monoisotopic (exact) mass is 340 g/mol. The second-order valence-electron chi connectivity index (χ2n) is 4.15. The van der Waals surface area contributed by atoms with E-state index >= 15 is 0 Å². The van der Waals surface area contributed by atoms with Gasteiger partial charge in [-0.15, -0.1) is 11.3 Å². The Morgan fingerprint density at radius 1 is 1.47 bits per heavy atom. The molecule has 6 heteroatoms. The third-order valence-electron chi connectivity index (χ3n) is 2.81. The molecule has 2 rings (SSSR count). The van der Waals surface area contributed by atoms with Crippen molar-refractivity contribution >= 4 is 33.0 Å². The fourth-order valence-corrected chi connectivity index (χ4v) is 2.87. The molecule has 1 unspecified atom stereocenters. The summed E-state index contributed by atoms with van der Waals surface area (Å²) in [5.74, 6) is 0. The van der Waals surface area contributed by atoms with Crippen LogP contribution in [-0.2, 0) is 6.54 Å². The van der Waals surface area contributed by atoms with Gasteiger partial charge in [0.15, 0.2) is 0 Å². The Morgan fingerprint density at radius 3 is 2.89 bits per heavy atom. The Labute approximate surface area is 123 Å². The molecule has 1 N–H and O–H groups in total. The Kier molecular flexibility index (Phi) is 4.68. The van der Waals surface area contributed by atoms with E-state index in [0.29, 0.717) is 16.6 Å². The number of benzene rings is 1. The van der Waals surface area contributed by atoms with E-state index in [9.17, 15) is 10.1 Å². The van der Waals surface area contributed by atoms with Gasteiger partial charge in [-0.25, -0.2) is 0 Å². The van der Waals surface area contributed by atoms with Crippen LogP contribution in [0.25, 0.3) is 0 Å². The summed E-state index contributed by atoms with van der Waals surface area (Å²) in [6.07, 6.45) is 0. The average Bonchev–Trinajstić information content (AvgIpc) is 2.90. The molecular weight excluding hydrogens is 328 g/mol. The van der Waals surface area contributed by atoms with E-state index in [1.54, 1.807) is 17.4 Å². The first-order chi connectivity index (χ1) is 9.08. The quantitative estimate of drug-likeness (QED) is 0.653. The maximum absolute atomic E-state index is 11.0. The van der Waals surface area contributed by atoms with Crippen molar-refractivity contribution in [1.29, 1.82) is 0 Å². The number of halogens is 1. The van der Waals surface area contributed by atoms with Crippen LogP contribution in [0.4, 0.5) is 5.69 Å². The molecule has 0 amide bonds. The maximum atomic E-state index is 11.0. The summed E-state index contributed by atoms with van der Waals surface area (Å²) in [5, 5.41) is 16.3. The lowest BCUT2D eigenvalue weighted by molar-refractivity contribution is -0.385. The number of rotatable bonds is 5. The number of nitrogens with zero attached hydrogens (tertiary/aromatic N) is 1. The summed E-state index contributed by atoms with van der Waals surface area (Å²) in [7, 11) is 0. The number of thiophene rings is 1. The zero-order chi connectivity index (χ0) is 13.8. The van der Waals surface area contributed by atoms with Gasteiger partial charge in [0.05, 0.1) is 4.92 Å². The van der Waals surface area contributed by atoms with Crippen molar-refractivity contribution in [2.75, 3.05) is 0 Å². The van der Waals surface area contributed by atoms with Crippen molar-refractivity contribution in [3.63, 3.8) is 0 Å². The number of nitro benzene ring substituents is 1. The van der Waals surface area contributed by atoms with Crippen molar-refractivity contribution < 1.29 is 4.92 Å². The number of hydrogen-bond donors (Lipinski definition) is 1. The standard InChI is InChI=1S/C13H13BrN2O2S/c1-9(13-3-2-6-19-13)15-8-10-4-5-11(14)7-12(10)16(17)18/h2-7,9,15H,8H2,1H3. The Balaban J connectivity index is 2.09. The fourth-order valence-electron chi connectivity index (χ4n) is 1.76. The van der Waals surface area contributed by atoms with Gasteiger partial charge in [0.25, 0.3) is 5.69 Å². The molecule has 100 valence electrons. The Morgan fingerprint density at radius 2 is 2.26 bits per heavy atom. The van der Waals surface area contributed by atoms with Crippen LogP contribution >= 0.6 is 27.3 Å². The Hall–Kier alpha value is -1.24. The number of nitro groups is 1. The molecule has 1 heterocycles. The lowest BCUT2D eigenvalue weighted by Crippen LogP contribution is -2.17. The summed E-state index contributed by atoms with van der Waals surface area (Å²) in [6.45, 7) is 2.53. The van der Waals surface area contributed by atoms with Gasteiger partial charge in [0.1, 0.15) is 0 Å². The molecule has 2 aromatic rings. The second-order valence-corrected chi connectivity index (χ2v) is 6.04. The molecule has 0 saturated heterocycles. The minimum absolute atomic E-state index is 0.139. The molecule has 1 atom stereocenters. The van der Waals surface area contributed by atoms with Crippen LogP contribution in [0.5, 0.6) is 0 Å². The van der Waals surface area contributed by atoms with Gasteiger partial charge in [-0.05, 0) is 30.5 Å². The first-order valence-electron chi connectivity index (χ1n) is 5.77. The van der Waals surface area contributed by atoms with Crippen LogP contribution in [0.1, 0.15) is 23.4 Å². The highest BCUT2D eigenvalue weighted by molar-refractivity contribution is 9.10. The van der Waals surface area contributed by atoms with Gasteiger partial charge >= 0.3 is 0 Å². The number of nitrogens with one attached hydrogen (secondary N) is 1. The first-order valence-corrected chi connectivity index (χ1v) is 7.45. The van der Waals surface area contributed by atoms with Crippen LogP contribution in [0, 0.1) is 10.1 Å². The van der Waals surface area contributed by atoms with Gasteiger partial charge in [-0.2, -0.15) is 0 Å². The second kappa shape index (κ2) is 6.27. The zero-order valence-electron chi connectivity index (χ0n) is 10.3. The van der Waals surface area contributed by atoms with E-state index < -0.39 is 0 Å². The van der Waals surface area contributed by atoms with Gasteiger partial charge < -0.3 is 5.32 Å². The van der Waals surface area contributed by atoms with E-state index in [-0.39, 0.29) is 16.7 Å². The highest BCUT2D eigenvalue weighted by atomic mass is 79.9. The van der Waals surface area contributed by atoms with E-state index in [0.717, 1.165) is 0 Å². The fraction of sp³-hybridized carbons (Fsp3) is 0.231. The Bertz CT molecular complexity index is 572. The molecule has 0 bridgehead atoms. The maximum Gasteiger partial charge on any atom is 0.275 e. The van der Waals surface area contributed by atoms with Crippen molar-refractivity contribution in [2.24, 2.45) is 0 Å². The van der Waals surface area contributed by atoms with Gasteiger partial charge in [0, 0.05) is 33.6 Å². The van der Waals surface area contributed by atoms with Crippen LogP contribution in [0.2, 0.25) is 0 Å². The van der Waals surface area contributed by atoms with Crippen LogP contribution < -0.4 is 5.32 Å². The highest BCUT2D eigenvalue weighted by Gasteiger charge is 2.15. The molecule has 1 aromatic carbocycles. The summed E-state index contributed by atoms with van der Waals surface area (Å²) in [5.41, 5.74) is 0.830. The predicted octanol–water partition coefficient (Wildman–Crippen LogP) is 4.27.